The fourth-order valence-corrected chi connectivity index (χ4v) is 2.86. The molecular formula is C19H21N3O3. The molecule has 3 rings (SSSR count). The van der Waals surface area contributed by atoms with Crippen molar-refractivity contribution in [1.82, 2.24) is 5.32 Å². The van der Waals surface area contributed by atoms with Crippen LogP contribution in [0.4, 0.5) is 11.4 Å². The Balaban J connectivity index is 1.62. The van der Waals surface area contributed by atoms with Gasteiger partial charge in [0.1, 0.15) is 0 Å². The third-order valence-corrected chi connectivity index (χ3v) is 4.42. The summed E-state index contributed by atoms with van der Waals surface area (Å²) in [5.41, 5.74) is 1.74. The van der Waals surface area contributed by atoms with E-state index >= 15 is 0 Å². The minimum Gasteiger partial charge on any atom is -0.325 e. The quantitative estimate of drug-likeness (QED) is 0.595. The van der Waals surface area contributed by atoms with Gasteiger partial charge in [0, 0.05) is 23.9 Å². The molecule has 6 nitrogen and oxygen atoms in total. The Labute approximate surface area is 146 Å². The molecule has 0 aromatic heterocycles. The Morgan fingerprint density at radius 1 is 1.12 bits per heavy atom. The zero-order valence-corrected chi connectivity index (χ0v) is 14.0. The predicted molar refractivity (Wildman–Crippen MR) is 96.2 cm³/mol. The zero-order valence-electron chi connectivity index (χ0n) is 14.0. The van der Waals surface area contributed by atoms with E-state index in [1.54, 1.807) is 12.1 Å². The molecule has 1 amide bonds. The molecule has 0 heterocycles. The maximum absolute atomic E-state index is 12.4. The van der Waals surface area contributed by atoms with Crippen LogP contribution in [0.5, 0.6) is 0 Å². The van der Waals surface area contributed by atoms with Gasteiger partial charge in [-0.25, -0.2) is 0 Å². The summed E-state index contributed by atoms with van der Waals surface area (Å²) in [6.45, 7) is 1.83. The Morgan fingerprint density at radius 3 is 2.32 bits per heavy atom. The van der Waals surface area contributed by atoms with Crippen LogP contribution in [-0.2, 0) is 4.79 Å². The summed E-state index contributed by atoms with van der Waals surface area (Å²) in [6, 6.07) is 15.8. The number of nitro groups is 1. The highest BCUT2D eigenvalue weighted by Gasteiger charge is 2.33. The van der Waals surface area contributed by atoms with E-state index in [2.05, 4.69) is 22.8 Å². The lowest BCUT2D eigenvalue weighted by molar-refractivity contribution is -0.384. The van der Waals surface area contributed by atoms with Crippen LogP contribution in [0.15, 0.2) is 54.6 Å². The topological polar surface area (TPSA) is 84.3 Å². The first-order chi connectivity index (χ1) is 12.0. The highest BCUT2D eigenvalue weighted by molar-refractivity contribution is 5.94. The highest BCUT2D eigenvalue weighted by atomic mass is 16.6. The smallest absolute Gasteiger partial charge is 0.269 e. The number of rotatable bonds is 7. The number of hydrogen-bond donors (Lipinski definition) is 2. The van der Waals surface area contributed by atoms with Crippen molar-refractivity contribution in [3.8, 4) is 0 Å². The van der Waals surface area contributed by atoms with Crippen molar-refractivity contribution < 1.29 is 9.72 Å². The van der Waals surface area contributed by atoms with Gasteiger partial charge in [-0.3, -0.25) is 20.2 Å². The number of nitrogens with zero attached hydrogens (tertiary/aromatic N) is 1. The van der Waals surface area contributed by atoms with E-state index in [4.69, 9.17) is 0 Å². The van der Waals surface area contributed by atoms with Crippen LogP contribution in [0, 0.1) is 16.0 Å². The van der Waals surface area contributed by atoms with Crippen LogP contribution in [0.1, 0.15) is 31.4 Å². The largest absolute Gasteiger partial charge is 0.325 e. The number of carbonyl (C=O) groups is 1. The number of anilines is 1. The molecule has 25 heavy (non-hydrogen) atoms. The lowest BCUT2D eigenvalue weighted by Gasteiger charge is -2.23. The molecule has 0 unspecified atom stereocenters. The summed E-state index contributed by atoms with van der Waals surface area (Å²) in [5.74, 6) is 0.410. The molecule has 1 fully saturated rings. The van der Waals surface area contributed by atoms with Gasteiger partial charge in [0.15, 0.2) is 0 Å². The van der Waals surface area contributed by atoms with Gasteiger partial charge in [0.25, 0.3) is 5.69 Å². The zero-order chi connectivity index (χ0) is 17.8. The first-order valence-corrected chi connectivity index (χ1v) is 8.41. The fraction of sp³-hybridized carbons (Fsp3) is 0.316. The van der Waals surface area contributed by atoms with Crippen molar-refractivity contribution in [2.75, 3.05) is 5.32 Å². The van der Waals surface area contributed by atoms with Crippen molar-refractivity contribution in [3.63, 3.8) is 0 Å². The molecule has 1 aliphatic rings. The summed E-state index contributed by atoms with van der Waals surface area (Å²) >= 11 is 0. The van der Waals surface area contributed by atoms with E-state index in [-0.39, 0.29) is 23.7 Å². The number of benzene rings is 2. The Bertz CT molecular complexity index is 742. The lowest BCUT2D eigenvalue weighted by Crippen LogP contribution is -2.40. The van der Waals surface area contributed by atoms with Crippen LogP contribution in [0.25, 0.3) is 0 Å². The van der Waals surface area contributed by atoms with Gasteiger partial charge in [-0.05, 0) is 43.4 Å². The minimum absolute atomic E-state index is 0.00190. The van der Waals surface area contributed by atoms with E-state index in [1.165, 1.54) is 30.5 Å². The molecule has 1 aliphatic carbocycles. The average Bonchev–Trinajstić information content (AvgIpc) is 3.45. The van der Waals surface area contributed by atoms with Gasteiger partial charge in [-0.15, -0.1) is 0 Å². The van der Waals surface area contributed by atoms with Crippen molar-refractivity contribution in [1.29, 1.82) is 0 Å². The molecule has 0 bridgehead atoms. The summed E-state index contributed by atoms with van der Waals surface area (Å²) < 4.78 is 0. The molecule has 0 spiro atoms. The second kappa shape index (κ2) is 7.44. The van der Waals surface area contributed by atoms with Crippen molar-refractivity contribution in [2.24, 2.45) is 5.92 Å². The van der Waals surface area contributed by atoms with E-state index in [0.29, 0.717) is 11.6 Å². The Morgan fingerprint density at radius 2 is 1.76 bits per heavy atom. The van der Waals surface area contributed by atoms with Crippen molar-refractivity contribution >= 4 is 17.3 Å². The SMILES string of the molecule is C[C@H](N[C@@H](c1ccccc1)C1CC1)C(=O)Nc1ccc([N+](=O)[O-])cc1. The number of amides is 1. The standard InChI is InChI=1S/C19H21N3O3/c1-13(19(23)21-16-9-11-17(12-10-16)22(24)25)20-18(15-7-8-15)14-5-3-2-4-6-14/h2-6,9-13,15,18,20H,7-8H2,1H3,(H,21,23)/t13-,18-/m0/s1. The van der Waals surface area contributed by atoms with E-state index in [0.717, 1.165) is 0 Å². The van der Waals surface area contributed by atoms with Gasteiger partial charge in [-0.2, -0.15) is 0 Å². The highest BCUT2D eigenvalue weighted by Crippen LogP contribution is 2.41. The fourth-order valence-electron chi connectivity index (χ4n) is 2.86. The predicted octanol–water partition coefficient (Wildman–Crippen LogP) is 3.66. The molecule has 2 N–H and O–H groups in total. The number of carbonyl (C=O) groups excluding carboxylic acids is 1. The summed E-state index contributed by atoms with van der Waals surface area (Å²) in [6.07, 6.45) is 2.34. The van der Waals surface area contributed by atoms with Crippen LogP contribution in [-0.4, -0.2) is 16.9 Å². The minimum atomic E-state index is -0.462. The van der Waals surface area contributed by atoms with Gasteiger partial charge >= 0.3 is 0 Å². The Hall–Kier alpha value is -2.73. The molecule has 0 saturated heterocycles. The molecular weight excluding hydrogens is 318 g/mol. The summed E-state index contributed by atoms with van der Waals surface area (Å²) in [7, 11) is 0. The maximum Gasteiger partial charge on any atom is 0.269 e. The maximum atomic E-state index is 12.4. The summed E-state index contributed by atoms with van der Waals surface area (Å²) in [5, 5.41) is 16.9. The van der Waals surface area contributed by atoms with Gasteiger partial charge in [0.05, 0.1) is 11.0 Å². The van der Waals surface area contributed by atoms with Crippen molar-refractivity contribution in [2.45, 2.75) is 31.8 Å². The van der Waals surface area contributed by atoms with E-state index < -0.39 is 4.92 Å². The average molecular weight is 339 g/mol. The first-order valence-electron chi connectivity index (χ1n) is 8.41. The monoisotopic (exact) mass is 339 g/mol. The number of nitro benzene ring substituents is 1. The molecule has 1 saturated carbocycles. The Kier molecular flexibility index (Phi) is 5.09. The normalized spacial score (nSPS) is 16.0. The molecule has 2 atom stereocenters. The number of nitrogens with one attached hydrogen (secondary N) is 2. The number of hydrogen-bond acceptors (Lipinski definition) is 4. The first kappa shape index (κ1) is 17.1. The van der Waals surface area contributed by atoms with Crippen LogP contribution in [0.3, 0.4) is 0 Å². The molecule has 6 heteroatoms. The van der Waals surface area contributed by atoms with Crippen LogP contribution >= 0.6 is 0 Å². The van der Waals surface area contributed by atoms with Crippen molar-refractivity contribution in [3.05, 3.63) is 70.3 Å². The van der Waals surface area contributed by atoms with Crippen LogP contribution in [0.2, 0.25) is 0 Å². The molecule has 2 aromatic rings. The molecule has 0 aliphatic heterocycles. The second-order valence-corrected chi connectivity index (χ2v) is 6.41. The van der Waals surface area contributed by atoms with Gasteiger partial charge in [0.2, 0.25) is 5.91 Å². The van der Waals surface area contributed by atoms with Crippen LogP contribution < -0.4 is 10.6 Å². The molecule has 0 radical (unpaired) electrons. The second-order valence-electron chi connectivity index (χ2n) is 6.41. The molecule has 130 valence electrons. The van der Waals surface area contributed by atoms with Gasteiger partial charge in [-0.1, -0.05) is 30.3 Å². The number of non-ortho nitro benzene ring substituents is 1. The lowest BCUT2D eigenvalue weighted by atomic mass is 10.0. The third-order valence-electron chi connectivity index (χ3n) is 4.42. The summed E-state index contributed by atoms with van der Waals surface area (Å²) in [4.78, 5) is 22.6. The van der Waals surface area contributed by atoms with Gasteiger partial charge < -0.3 is 5.32 Å². The van der Waals surface area contributed by atoms with E-state index in [1.807, 2.05) is 25.1 Å². The van der Waals surface area contributed by atoms with E-state index in [9.17, 15) is 14.9 Å². The molecule has 2 aromatic carbocycles. The third kappa shape index (κ3) is 4.42.